The maximum Gasteiger partial charge on any atom is 0.332 e. The van der Waals surface area contributed by atoms with Gasteiger partial charge in [-0.2, -0.15) is 0 Å². The van der Waals surface area contributed by atoms with Gasteiger partial charge in [0.15, 0.2) is 0 Å². The van der Waals surface area contributed by atoms with Crippen LogP contribution in [0.15, 0.2) is 48.5 Å². The Balaban J connectivity index is 1.61. The van der Waals surface area contributed by atoms with E-state index in [2.05, 4.69) is 11.1 Å². The van der Waals surface area contributed by atoms with Gasteiger partial charge in [0.05, 0.1) is 18.3 Å². The monoisotopic (exact) mass is 375 g/mol. The molecule has 5 rings (SSSR count). The fourth-order valence-corrected chi connectivity index (χ4v) is 4.62. The first kappa shape index (κ1) is 16.9. The van der Waals surface area contributed by atoms with Crippen LogP contribution in [0.2, 0.25) is 0 Å². The molecule has 1 aromatic heterocycles. The van der Waals surface area contributed by atoms with E-state index in [0.29, 0.717) is 17.9 Å². The largest absolute Gasteiger partial charge is 0.497 e. The van der Waals surface area contributed by atoms with Crippen LogP contribution in [-0.2, 0) is 16.8 Å². The number of anilines is 1. The highest BCUT2D eigenvalue weighted by molar-refractivity contribution is 6.22. The second kappa shape index (κ2) is 5.61. The zero-order valence-electron chi connectivity index (χ0n) is 16.0. The molecule has 0 spiro atoms. The molecule has 0 bridgehead atoms. The number of fused-ring (bicyclic) bond motifs is 4. The molecule has 0 saturated carbocycles. The number of carbonyl (C=O) groups is 2. The van der Waals surface area contributed by atoms with Crippen molar-refractivity contribution < 1.29 is 14.3 Å². The summed E-state index contributed by atoms with van der Waals surface area (Å²) in [7, 11) is 1.59. The van der Waals surface area contributed by atoms with E-state index < -0.39 is 11.6 Å². The van der Waals surface area contributed by atoms with Gasteiger partial charge in [-0.25, -0.2) is 9.69 Å². The number of nitrogens with one attached hydrogen (secondary N) is 1. The minimum atomic E-state index is -0.620. The summed E-state index contributed by atoms with van der Waals surface area (Å²) in [6.45, 7) is 3.99. The predicted octanol–water partition coefficient (Wildman–Crippen LogP) is 3.81. The van der Waals surface area contributed by atoms with E-state index in [1.807, 2.05) is 32.0 Å². The Morgan fingerprint density at radius 2 is 1.79 bits per heavy atom. The molecule has 2 aromatic carbocycles. The van der Waals surface area contributed by atoms with Crippen LogP contribution in [0.25, 0.3) is 10.9 Å². The fourth-order valence-electron chi connectivity index (χ4n) is 4.62. The summed E-state index contributed by atoms with van der Waals surface area (Å²) in [5.74, 6) is 0.501. The number of ether oxygens (including phenoxy) is 1. The van der Waals surface area contributed by atoms with Gasteiger partial charge < -0.3 is 14.6 Å². The second-order valence-corrected chi connectivity index (χ2v) is 7.83. The SMILES string of the molecule is COc1ccc(N2C(=O)C3Cc4c([nH]c5ccccc45)C(C)(C)N3C2=O)cc1. The van der Waals surface area contributed by atoms with Crippen molar-refractivity contribution in [1.29, 1.82) is 0 Å². The van der Waals surface area contributed by atoms with Crippen molar-refractivity contribution in [2.45, 2.75) is 31.8 Å². The summed E-state index contributed by atoms with van der Waals surface area (Å²) in [5.41, 5.74) is 3.11. The van der Waals surface area contributed by atoms with E-state index in [0.717, 1.165) is 22.2 Å². The average Bonchev–Trinajstić information content (AvgIpc) is 3.19. The molecule has 1 atom stereocenters. The van der Waals surface area contributed by atoms with Crippen LogP contribution in [0.1, 0.15) is 25.1 Å². The summed E-state index contributed by atoms with van der Waals surface area (Å²) in [6, 6.07) is 14.3. The molecule has 1 unspecified atom stereocenters. The maximum absolute atomic E-state index is 13.3. The van der Waals surface area contributed by atoms with Crippen LogP contribution in [0.5, 0.6) is 5.75 Å². The van der Waals surface area contributed by atoms with Crippen molar-refractivity contribution in [2.24, 2.45) is 0 Å². The number of aromatic nitrogens is 1. The lowest BCUT2D eigenvalue weighted by Gasteiger charge is -2.42. The van der Waals surface area contributed by atoms with E-state index in [1.165, 1.54) is 4.90 Å². The van der Waals surface area contributed by atoms with E-state index >= 15 is 0 Å². The Kier molecular flexibility index (Phi) is 3.38. The highest BCUT2D eigenvalue weighted by Gasteiger charge is 2.55. The summed E-state index contributed by atoms with van der Waals surface area (Å²) in [6.07, 6.45) is 0.514. The lowest BCUT2D eigenvalue weighted by Crippen LogP contribution is -2.52. The summed E-state index contributed by atoms with van der Waals surface area (Å²) in [5, 5.41) is 1.12. The number of methoxy groups -OCH3 is 1. The number of hydrogen-bond acceptors (Lipinski definition) is 3. The molecule has 3 heterocycles. The van der Waals surface area contributed by atoms with Crippen LogP contribution in [0, 0.1) is 0 Å². The number of amides is 3. The number of benzene rings is 2. The molecule has 1 fully saturated rings. The molecule has 28 heavy (non-hydrogen) atoms. The molecule has 1 N–H and O–H groups in total. The third-order valence-corrected chi connectivity index (χ3v) is 5.97. The van der Waals surface area contributed by atoms with Crippen molar-refractivity contribution in [1.82, 2.24) is 9.88 Å². The van der Waals surface area contributed by atoms with Crippen molar-refractivity contribution in [3.8, 4) is 5.75 Å². The Morgan fingerprint density at radius 1 is 1.07 bits per heavy atom. The van der Waals surface area contributed by atoms with E-state index in [1.54, 1.807) is 36.3 Å². The summed E-state index contributed by atoms with van der Waals surface area (Å²) < 4.78 is 5.18. The molecule has 2 aliphatic rings. The lowest BCUT2D eigenvalue weighted by molar-refractivity contribution is -0.121. The molecule has 3 aromatic rings. The minimum absolute atomic E-state index is 0.181. The van der Waals surface area contributed by atoms with Gasteiger partial charge in [0.2, 0.25) is 0 Å². The normalized spacial score (nSPS) is 20.5. The third-order valence-electron chi connectivity index (χ3n) is 5.97. The molecule has 6 heteroatoms. The van der Waals surface area contributed by atoms with Crippen molar-refractivity contribution in [3.05, 3.63) is 59.8 Å². The molecular weight excluding hydrogens is 354 g/mol. The van der Waals surface area contributed by atoms with Gasteiger partial charge in [-0.1, -0.05) is 18.2 Å². The first-order chi connectivity index (χ1) is 13.4. The fraction of sp³-hybridized carbons (Fsp3) is 0.273. The number of hydrogen-bond donors (Lipinski definition) is 1. The third kappa shape index (κ3) is 2.08. The Bertz CT molecular complexity index is 1110. The van der Waals surface area contributed by atoms with Gasteiger partial charge in [0.25, 0.3) is 5.91 Å². The first-order valence-corrected chi connectivity index (χ1v) is 9.35. The van der Waals surface area contributed by atoms with Crippen molar-refractivity contribution in [2.75, 3.05) is 12.0 Å². The van der Waals surface area contributed by atoms with Crippen molar-refractivity contribution in [3.63, 3.8) is 0 Å². The number of H-pyrrole nitrogens is 1. The summed E-state index contributed by atoms with van der Waals surface area (Å²) in [4.78, 5) is 33.1. The highest BCUT2D eigenvalue weighted by Crippen LogP contribution is 2.45. The smallest absolute Gasteiger partial charge is 0.332 e. The Labute approximate surface area is 162 Å². The van der Waals surface area contributed by atoms with Gasteiger partial charge in [-0.05, 0) is 49.7 Å². The topological polar surface area (TPSA) is 65.6 Å². The molecule has 142 valence electrons. The number of para-hydroxylation sites is 1. The van der Waals surface area contributed by atoms with Gasteiger partial charge in [0.1, 0.15) is 11.8 Å². The van der Waals surface area contributed by atoms with Crippen LogP contribution < -0.4 is 9.64 Å². The van der Waals surface area contributed by atoms with Crippen LogP contribution in [0.4, 0.5) is 10.5 Å². The zero-order chi connectivity index (χ0) is 19.6. The number of urea groups is 1. The standard InChI is InChI=1S/C22H21N3O3/c1-22(2)19-16(15-6-4-5-7-17(15)23-19)12-18-20(26)24(21(27)25(18)22)13-8-10-14(28-3)11-9-13/h4-11,18,23H,12H2,1-3H3. The molecule has 6 nitrogen and oxygen atoms in total. The number of carbonyl (C=O) groups excluding carboxylic acids is 2. The number of imide groups is 1. The molecule has 0 radical (unpaired) electrons. The quantitative estimate of drug-likeness (QED) is 0.693. The van der Waals surface area contributed by atoms with Crippen LogP contribution in [0.3, 0.4) is 0 Å². The average molecular weight is 375 g/mol. The number of aromatic amines is 1. The highest BCUT2D eigenvalue weighted by atomic mass is 16.5. The molecular formula is C22H21N3O3. The maximum atomic E-state index is 13.3. The van der Waals surface area contributed by atoms with Crippen LogP contribution >= 0.6 is 0 Å². The lowest BCUT2D eigenvalue weighted by atomic mass is 9.85. The van der Waals surface area contributed by atoms with E-state index in [4.69, 9.17) is 4.74 Å². The number of rotatable bonds is 2. The summed E-state index contributed by atoms with van der Waals surface area (Å²) >= 11 is 0. The van der Waals surface area contributed by atoms with Crippen molar-refractivity contribution >= 4 is 28.5 Å². The number of nitrogens with zero attached hydrogens (tertiary/aromatic N) is 2. The molecule has 2 aliphatic heterocycles. The van der Waals surface area contributed by atoms with Gasteiger partial charge in [-0.3, -0.25) is 4.79 Å². The zero-order valence-corrected chi connectivity index (χ0v) is 16.0. The molecule has 0 aliphatic carbocycles. The van der Waals surface area contributed by atoms with Gasteiger partial charge in [0, 0.05) is 23.0 Å². The van der Waals surface area contributed by atoms with Gasteiger partial charge in [-0.15, -0.1) is 0 Å². The van der Waals surface area contributed by atoms with Gasteiger partial charge >= 0.3 is 6.03 Å². The van der Waals surface area contributed by atoms with Crippen LogP contribution in [-0.4, -0.2) is 35.0 Å². The Hall–Kier alpha value is -3.28. The molecule has 3 amide bonds. The minimum Gasteiger partial charge on any atom is -0.497 e. The van der Waals surface area contributed by atoms with E-state index in [9.17, 15) is 9.59 Å². The first-order valence-electron chi connectivity index (χ1n) is 9.35. The molecule has 1 saturated heterocycles. The van der Waals surface area contributed by atoms with E-state index in [-0.39, 0.29) is 11.9 Å². The Morgan fingerprint density at radius 3 is 2.50 bits per heavy atom. The second-order valence-electron chi connectivity index (χ2n) is 7.83. The predicted molar refractivity (Wildman–Crippen MR) is 107 cm³/mol.